The smallest absolute Gasteiger partial charge is 0.352 e. The summed E-state index contributed by atoms with van der Waals surface area (Å²) in [5.74, 6) is 0. The van der Waals surface area contributed by atoms with E-state index in [1.54, 1.807) is 28.4 Å². The zero-order chi connectivity index (χ0) is 17.4. The van der Waals surface area contributed by atoms with Crippen molar-refractivity contribution in [3.8, 4) is 0 Å². The van der Waals surface area contributed by atoms with Gasteiger partial charge >= 0.3 is 17.1 Å². The van der Waals surface area contributed by atoms with Crippen molar-refractivity contribution in [3.05, 3.63) is 0 Å². The second-order valence-corrected chi connectivity index (χ2v) is 13.0. The molecule has 0 aliphatic rings. The summed E-state index contributed by atoms with van der Waals surface area (Å²) in [4.78, 5) is 2.54. The van der Waals surface area contributed by atoms with Gasteiger partial charge in [-0.1, -0.05) is 20.8 Å². The molecule has 0 aromatic carbocycles. The zero-order valence-electron chi connectivity index (χ0n) is 16.1. The van der Waals surface area contributed by atoms with Crippen LogP contribution in [0.15, 0.2) is 0 Å². The molecule has 0 aromatic rings. The molecule has 0 radical (unpaired) electrons. The first-order chi connectivity index (χ1) is 10.3. The van der Waals surface area contributed by atoms with Crippen molar-refractivity contribution < 1.29 is 17.7 Å². The molecule has 134 valence electrons. The van der Waals surface area contributed by atoms with E-state index < -0.39 is 17.1 Å². The van der Waals surface area contributed by atoms with Crippen LogP contribution in [0.5, 0.6) is 0 Å². The third-order valence-electron chi connectivity index (χ3n) is 4.89. The molecule has 2 atom stereocenters. The van der Waals surface area contributed by atoms with Crippen LogP contribution in [0, 0.1) is 0 Å². The lowest BCUT2D eigenvalue weighted by Gasteiger charge is -2.47. The molecule has 0 rings (SSSR count). The molecular formula is C15H37NO4Si2. The normalized spacial score (nSPS) is 16.1. The van der Waals surface area contributed by atoms with Gasteiger partial charge in [0.15, 0.2) is 0 Å². The van der Waals surface area contributed by atoms with E-state index in [1.807, 2.05) is 0 Å². The molecule has 22 heavy (non-hydrogen) atoms. The van der Waals surface area contributed by atoms with Crippen molar-refractivity contribution in [1.29, 1.82) is 0 Å². The highest BCUT2D eigenvalue weighted by Gasteiger charge is 2.49. The van der Waals surface area contributed by atoms with E-state index in [9.17, 15) is 0 Å². The molecule has 0 aliphatic carbocycles. The molecular weight excluding hydrogens is 314 g/mol. The monoisotopic (exact) mass is 351 g/mol. The van der Waals surface area contributed by atoms with Crippen LogP contribution in [0.25, 0.3) is 0 Å². The standard InChI is InChI=1S/C15H37NO4Si2/c1-10-13-16(14(11-2)21(8,17-4)18-5)15(12-3)22(9,19-6)20-7/h14-15H,10-13H2,1-9H3. The molecule has 0 saturated carbocycles. The predicted molar refractivity (Wildman–Crippen MR) is 96.4 cm³/mol. The van der Waals surface area contributed by atoms with Gasteiger partial charge in [-0.15, -0.1) is 0 Å². The van der Waals surface area contributed by atoms with Crippen LogP contribution in [-0.2, 0) is 17.7 Å². The Labute approximate surface area is 139 Å². The Morgan fingerprint density at radius 2 is 1.05 bits per heavy atom. The largest absolute Gasteiger partial charge is 0.397 e. The highest BCUT2D eigenvalue weighted by molar-refractivity contribution is 6.69. The van der Waals surface area contributed by atoms with Gasteiger partial charge in [0.2, 0.25) is 0 Å². The number of rotatable bonds is 12. The topological polar surface area (TPSA) is 40.2 Å². The lowest BCUT2D eigenvalue weighted by atomic mass is 10.3. The molecule has 0 saturated heterocycles. The average molecular weight is 352 g/mol. The van der Waals surface area contributed by atoms with Crippen molar-refractivity contribution in [3.63, 3.8) is 0 Å². The molecule has 0 spiro atoms. The molecule has 5 nitrogen and oxygen atoms in total. The van der Waals surface area contributed by atoms with Crippen LogP contribution in [0.4, 0.5) is 0 Å². The van der Waals surface area contributed by atoms with Gasteiger partial charge in [-0.25, -0.2) is 0 Å². The molecule has 0 bridgehead atoms. The van der Waals surface area contributed by atoms with E-state index in [4.69, 9.17) is 17.7 Å². The second kappa shape index (κ2) is 10.2. The van der Waals surface area contributed by atoms with E-state index in [-0.39, 0.29) is 11.3 Å². The van der Waals surface area contributed by atoms with E-state index in [0.717, 1.165) is 25.8 Å². The number of hydrogen-bond donors (Lipinski definition) is 0. The van der Waals surface area contributed by atoms with Gasteiger partial charge in [0, 0.05) is 28.4 Å². The summed E-state index contributed by atoms with van der Waals surface area (Å²) in [7, 11) is 2.54. The molecule has 0 aromatic heterocycles. The van der Waals surface area contributed by atoms with Crippen molar-refractivity contribution in [2.45, 2.75) is 64.5 Å². The first-order valence-corrected chi connectivity index (χ1v) is 13.1. The third-order valence-corrected chi connectivity index (χ3v) is 12.0. The van der Waals surface area contributed by atoms with E-state index in [0.29, 0.717) is 0 Å². The molecule has 0 N–H and O–H groups in total. The minimum absolute atomic E-state index is 0.282. The number of hydrogen-bond acceptors (Lipinski definition) is 5. The Morgan fingerprint density at radius 1 is 0.727 bits per heavy atom. The van der Waals surface area contributed by atoms with Crippen molar-refractivity contribution in [2.24, 2.45) is 0 Å². The summed E-state index contributed by atoms with van der Waals surface area (Å²) in [6, 6.07) is 0. The lowest BCUT2D eigenvalue weighted by Crippen LogP contribution is -2.66. The van der Waals surface area contributed by atoms with Gasteiger partial charge in [-0.3, -0.25) is 4.90 Å². The Balaban J connectivity index is 5.73. The molecule has 2 unspecified atom stereocenters. The van der Waals surface area contributed by atoms with Crippen molar-refractivity contribution in [2.75, 3.05) is 35.0 Å². The molecule has 0 amide bonds. The minimum atomic E-state index is -2.27. The van der Waals surface area contributed by atoms with E-state index >= 15 is 0 Å². The highest BCUT2D eigenvalue weighted by atomic mass is 28.4. The SMILES string of the molecule is CCCN(C(CC)[Si](C)(OC)OC)C(CC)[Si](C)(OC)OC. The maximum Gasteiger partial charge on any atom is 0.352 e. The fourth-order valence-corrected chi connectivity index (χ4v) is 8.19. The van der Waals surface area contributed by atoms with Gasteiger partial charge in [-0.05, 0) is 38.9 Å². The molecule has 7 heteroatoms. The fraction of sp³-hybridized carbons (Fsp3) is 1.00. The summed E-state index contributed by atoms with van der Waals surface area (Å²) >= 11 is 0. The Kier molecular flexibility index (Phi) is 10.3. The third kappa shape index (κ3) is 4.86. The summed E-state index contributed by atoms with van der Waals surface area (Å²) in [5.41, 5.74) is 0.564. The number of nitrogens with zero attached hydrogens (tertiary/aromatic N) is 1. The van der Waals surface area contributed by atoms with Gasteiger partial charge in [0.25, 0.3) is 0 Å². The Morgan fingerprint density at radius 3 is 1.23 bits per heavy atom. The quantitative estimate of drug-likeness (QED) is 0.505. The molecule has 0 fully saturated rings. The van der Waals surface area contributed by atoms with E-state index in [2.05, 4.69) is 38.8 Å². The summed E-state index contributed by atoms with van der Waals surface area (Å²) in [6.07, 6.45) is 3.08. The van der Waals surface area contributed by atoms with Gasteiger partial charge < -0.3 is 17.7 Å². The maximum atomic E-state index is 5.85. The van der Waals surface area contributed by atoms with Crippen LogP contribution in [-0.4, -0.2) is 68.3 Å². The lowest BCUT2D eigenvalue weighted by molar-refractivity contribution is 0.112. The van der Waals surface area contributed by atoms with Crippen molar-refractivity contribution in [1.82, 2.24) is 4.90 Å². The van der Waals surface area contributed by atoms with Gasteiger partial charge in [-0.2, -0.15) is 0 Å². The fourth-order valence-electron chi connectivity index (χ4n) is 3.31. The Bertz CT molecular complexity index is 273. The van der Waals surface area contributed by atoms with Crippen LogP contribution >= 0.6 is 0 Å². The van der Waals surface area contributed by atoms with Crippen LogP contribution in [0.1, 0.15) is 40.0 Å². The molecule has 0 aliphatic heterocycles. The molecule has 0 heterocycles. The zero-order valence-corrected chi connectivity index (χ0v) is 18.1. The maximum absolute atomic E-state index is 5.85. The summed E-state index contributed by atoms with van der Waals surface area (Å²) in [5, 5.41) is 0. The second-order valence-electron chi connectivity index (χ2n) is 5.93. The van der Waals surface area contributed by atoms with Crippen LogP contribution in [0.2, 0.25) is 13.1 Å². The highest BCUT2D eigenvalue weighted by Crippen LogP contribution is 2.28. The minimum Gasteiger partial charge on any atom is -0.397 e. The van der Waals surface area contributed by atoms with E-state index in [1.165, 1.54) is 0 Å². The Hall–Kier alpha value is 0.234. The summed E-state index contributed by atoms with van der Waals surface area (Å²) < 4.78 is 23.4. The van der Waals surface area contributed by atoms with Crippen molar-refractivity contribution >= 4 is 17.1 Å². The first kappa shape index (κ1) is 22.2. The van der Waals surface area contributed by atoms with Gasteiger partial charge in [0.05, 0.1) is 11.3 Å². The first-order valence-electron chi connectivity index (χ1n) is 8.30. The summed E-state index contributed by atoms with van der Waals surface area (Å²) in [6.45, 7) is 11.9. The van der Waals surface area contributed by atoms with Crippen LogP contribution < -0.4 is 0 Å². The average Bonchev–Trinajstić information content (AvgIpc) is 2.55. The van der Waals surface area contributed by atoms with Crippen LogP contribution in [0.3, 0.4) is 0 Å². The predicted octanol–water partition coefficient (Wildman–Crippen LogP) is 3.06. The van der Waals surface area contributed by atoms with Gasteiger partial charge in [0.1, 0.15) is 0 Å².